The molecule has 0 fully saturated rings. The number of aromatic nitrogens is 3. The highest BCUT2D eigenvalue weighted by Gasteiger charge is 2.20. The van der Waals surface area contributed by atoms with Gasteiger partial charge in [-0.15, -0.1) is 0 Å². The van der Waals surface area contributed by atoms with Gasteiger partial charge in [-0.3, -0.25) is 4.79 Å². The van der Waals surface area contributed by atoms with Crippen molar-refractivity contribution in [1.29, 1.82) is 0 Å². The van der Waals surface area contributed by atoms with Crippen LogP contribution in [0.4, 0.5) is 5.82 Å². The average Bonchev–Trinajstić information content (AvgIpc) is 3.11. The lowest BCUT2D eigenvalue weighted by Crippen LogP contribution is -2.09. The van der Waals surface area contributed by atoms with Crippen LogP contribution < -0.4 is 20.8 Å². The van der Waals surface area contributed by atoms with Gasteiger partial charge in [0.15, 0.2) is 0 Å². The number of fused-ring (bicyclic) bond motifs is 3. The predicted molar refractivity (Wildman–Crippen MR) is 123 cm³/mol. The number of ether oxygens (including phenoxy) is 2. The van der Waals surface area contributed by atoms with Gasteiger partial charge in [-0.05, 0) is 42.8 Å². The van der Waals surface area contributed by atoms with Gasteiger partial charge in [-0.1, -0.05) is 18.2 Å². The molecule has 2 heterocycles. The fourth-order valence-electron chi connectivity index (χ4n) is 3.82. The number of benzene rings is 3. The average molecular weight is 428 g/mol. The number of hydrogen-bond donors (Lipinski definition) is 3. The van der Waals surface area contributed by atoms with Crippen LogP contribution >= 0.6 is 0 Å². The third-order valence-electron chi connectivity index (χ3n) is 5.34. The number of phenolic OH excluding ortho intramolecular Hbond substituents is 1. The number of nitrogens with two attached hydrogens (primary N) is 1. The van der Waals surface area contributed by atoms with Crippen molar-refractivity contribution in [3.05, 3.63) is 76.6 Å². The third kappa shape index (κ3) is 3.09. The maximum Gasteiger partial charge on any atom is 0.261 e. The summed E-state index contributed by atoms with van der Waals surface area (Å²) in [6, 6.07) is 18.1. The number of H-pyrrole nitrogens is 1. The predicted octanol–water partition coefficient (Wildman–Crippen LogP) is 4.26. The second-order valence-corrected chi connectivity index (χ2v) is 7.41. The van der Waals surface area contributed by atoms with Crippen molar-refractivity contribution in [2.24, 2.45) is 0 Å². The van der Waals surface area contributed by atoms with Crippen LogP contribution in [-0.2, 0) is 0 Å². The van der Waals surface area contributed by atoms with E-state index in [0.29, 0.717) is 33.6 Å². The molecule has 0 aliphatic heterocycles. The van der Waals surface area contributed by atoms with Crippen LogP contribution in [0.25, 0.3) is 27.5 Å². The van der Waals surface area contributed by atoms with Gasteiger partial charge in [0.1, 0.15) is 39.7 Å². The number of anilines is 1. The highest BCUT2D eigenvalue weighted by molar-refractivity contribution is 6.09. The number of nitrogen functional groups attached to an aromatic ring is 1. The van der Waals surface area contributed by atoms with Crippen LogP contribution in [0, 0.1) is 6.92 Å². The Kier molecular flexibility index (Phi) is 4.48. The highest BCUT2D eigenvalue weighted by Crippen LogP contribution is 2.35. The van der Waals surface area contributed by atoms with Gasteiger partial charge in [0.25, 0.3) is 5.56 Å². The summed E-state index contributed by atoms with van der Waals surface area (Å²) in [5.74, 6) is 1.93. The van der Waals surface area contributed by atoms with Crippen molar-refractivity contribution in [3.63, 3.8) is 0 Å². The van der Waals surface area contributed by atoms with Crippen LogP contribution in [0.3, 0.4) is 0 Å². The van der Waals surface area contributed by atoms with Crippen LogP contribution in [0.2, 0.25) is 0 Å². The summed E-state index contributed by atoms with van der Waals surface area (Å²) in [5.41, 5.74) is 8.21. The number of phenols is 1. The Morgan fingerprint density at radius 3 is 2.50 bits per heavy atom. The first-order valence-electron chi connectivity index (χ1n) is 9.91. The molecule has 5 rings (SSSR count). The summed E-state index contributed by atoms with van der Waals surface area (Å²) in [6.07, 6.45) is 0. The van der Waals surface area contributed by atoms with Crippen molar-refractivity contribution < 1.29 is 14.6 Å². The molecule has 5 aromatic rings. The number of methoxy groups -OCH3 is 1. The zero-order valence-corrected chi connectivity index (χ0v) is 17.4. The van der Waals surface area contributed by atoms with Crippen molar-refractivity contribution in [1.82, 2.24) is 14.8 Å². The number of pyridine rings is 1. The third-order valence-corrected chi connectivity index (χ3v) is 5.34. The molecule has 0 radical (unpaired) electrons. The van der Waals surface area contributed by atoms with Crippen LogP contribution in [0.5, 0.6) is 23.0 Å². The number of nitrogens with zero attached hydrogens (tertiary/aromatic N) is 2. The minimum atomic E-state index is -0.398. The first-order chi connectivity index (χ1) is 15.5. The normalized spacial score (nSPS) is 11.2. The van der Waals surface area contributed by atoms with E-state index in [1.54, 1.807) is 6.07 Å². The highest BCUT2D eigenvalue weighted by atomic mass is 16.5. The van der Waals surface area contributed by atoms with E-state index in [-0.39, 0.29) is 17.0 Å². The molecule has 0 bridgehead atoms. The molecule has 0 amide bonds. The Labute approximate surface area is 182 Å². The second kappa shape index (κ2) is 7.35. The monoisotopic (exact) mass is 428 g/mol. The summed E-state index contributed by atoms with van der Waals surface area (Å²) in [4.78, 5) is 15.5. The molecule has 0 aliphatic carbocycles. The fourth-order valence-corrected chi connectivity index (χ4v) is 3.82. The van der Waals surface area contributed by atoms with E-state index in [4.69, 9.17) is 15.2 Å². The van der Waals surface area contributed by atoms with Gasteiger partial charge >= 0.3 is 0 Å². The van der Waals surface area contributed by atoms with E-state index in [1.165, 1.54) is 17.9 Å². The SMILES string of the molecule is COc1cc(O)c2c(c1)[nH]c(=O)c1c(N)n(-c3ccc(Oc4ccccc4)cc3C)nc12. The molecular formula is C24H20N4O4. The Morgan fingerprint density at radius 2 is 1.78 bits per heavy atom. The lowest BCUT2D eigenvalue weighted by Gasteiger charge is -2.11. The molecule has 0 unspecified atom stereocenters. The number of hydrogen-bond acceptors (Lipinski definition) is 6. The van der Waals surface area contributed by atoms with Gasteiger partial charge in [0.05, 0.1) is 23.7 Å². The summed E-state index contributed by atoms with van der Waals surface area (Å²) in [5, 5.41) is 15.8. The smallest absolute Gasteiger partial charge is 0.261 e. The molecular weight excluding hydrogens is 408 g/mol. The number of aromatic amines is 1. The van der Waals surface area contributed by atoms with Crippen molar-refractivity contribution in [2.45, 2.75) is 6.92 Å². The molecule has 160 valence electrons. The molecule has 0 saturated carbocycles. The molecule has 3 aromatic carbocycles. The van der Waals surface area contributed by atoms with Crippen LogP contribution in [-0.4, -0.2) is 27.0 Å². The summed E-state index contributed by atoms with van der Waals surface area (Å²) in [6.45, 7) is 1.91. The van der Waals surface area contributed by atoms with Gasteiger partial charge in [0, 0.05) is 12.1 Å². The Morgan fingerprint density at radius 1 is 1.00 bits per heavy atom. The molecule has 0 spiro atoms. The zero-order valence-electron chi connectivity index (χ0n) is 17.4. The number of nitrogens with one attached hydrogen (secondary N) is 1. The van der Waals surface area contributed by atoms with E-state index in [9.17, 15) is 9.90 Å². The molecule has 8 heteroatoms. The lowest BCUT2D eigenvalue weighted by molar-refractivity contribution is 0.409. The van der Waals surface area contributed by atoms with Gasteiger partial charge in [-0.2, -0.15) is 5.10 Å². The Bertz CT molecular complexity index is 1540. The number of aryl methyl sites for hydroxylation is 1. The van der Waals surface area contributed by atoms with Crippen molar-refractivity contribution in [2.75, 3.05) is 12.8 Å². The standard InChI is InChI=1S/C24H20N4O4/c1-13-10-15(32-14-6-4-3-5-7-14)8-9-18(13)28-23(25)21-22(27-28)20-17(26-24(21)30)11-16(31-2)12-19(20)29/h3-12,29H,25H2,1-2H3,(H,26,30). The molecule has 32 heavy (non-hydrogen) atoms. The topological polar surface area (TPSA) is 115 Å². The quantitative estimate of drug-likeness (QED) is 0.394. The van der Waals surface area contributed by atoms with Crippen molar-refractivity contribution in [3.8, 4) is 28.7 Å². The van der Waals surface area contributed by atoms with E-state index in [0.717, 1.165) is 11.3 Å². The molecule has 2 aromatic heterocycles. The lowest BCUT2D eigenvalue weighted by atomic mass is 10.1. The van der Waals surface area contributed by atoms with Gasteiger partial charge < -0.3 is 25.3 Å². The van der Waals surface area contributed by atoms with E-state index in [2.05, 4.69) is 10.1 Å². The molecule has 8 nitrogen and oxygen atoms in total. The maximum absolute atomic E-state index is 12.8. The van der Waals surface area contributed by atoms with E-state index >= 15 is 0 Å². The first-order valence-corrected chi connectivity index (χ1v) is 9.91. The van der Waals surface area contributed by atoms with Crippen molar-refractivity contribution >= 4 is 27.6 Å². The fraction of sp³-hybridized carbons (Fsp3) is 0.0833. The van der Waals surface area contributed by atoms with Crippen LogP contribution in [0.1, 0.15) is 5.56 Å². The van der Waals surface area contributed by atoms with E-state index in [1.807, 2.05) is 55.5 Å². The minimum Gasteiger partial charge on any atom is -0.507 e. The minimum absolute atomic E-state index is 0.0615. The summed E-state index contributed by atoms with van der Waals surface area (Å²) >= 11 is 0. The molecule has 0 saturated heterocycles. The van der Waals surface area contributed by atoms with Gasteiger partial charge in [-0.25, -0.2) is 4.68 Å². The molecule has 0 aliphatic rings. The molecule has 0 atom stereocenters. The zero-order chi connectivity index (χ0) is 22.4. The summed E-state index contributed by atoms with van der Waals surface area (Å²) < 4.78 is 12.6. The van der Waals surface area contributed by atoms with E-state index < -0.39 is 5.56 Å². The second-order valence-electron chi connectivity index (χ2n) is 7.41. The largest absolute Gasteiger partial charge is 0.507 e. The Hall–Kier alpha value is -4.46. The number of rotatable bonds is 4. The van der Waals surface area contributed by atoms with Gasteiger partial charge in [0.2, 0.25) is 0 Å². The Balaban J connectivity index is 1.66. The molecule has 4 N–H and O–H groups in total. The first kappa shape index (κ1) is 19.5. The summed E-state index contributed by atoms with van der Waals surface area (Å²) in [7, 11) is 1.48. The van der Waals surface area contributed by atoms with Crippen LogP contribution in [0.15, 0.2) is 65.5 Å². The number of para-hydroxylation sites is 1. The number of aromatic hydroxyl groups is 1. The maximum atomic E-state index is 12.8.